The van der Waals surface area contributed by atoms with E-state index in [4.69, 9.17) is 27.1 Å². The van der Waals surface area contributed by atoms with E-state index in [1.165, 1.54) is 29.4 Å². The number of hydrogen-bond donors (Lipinski definition) is 1. The molecule has 0 saturated heterocycles. The van der Waals surface area contributed by atoms with Crippen LogP contribution < -0.4 is 5.73 Å². The maximum absolute atomic E-state index is 15.0. The summed E-state index contributed by atoms with van der Waals surface area (Å²) in [7, 11) is 0. The van der Waals surface area contributed by atoms with Gasteiger partial charge in [0.25, 0.3) is 12.3 Å². The van der Waals surface area contributed by atoms with E-state index in [1.807, 2.05) is 20.8 Å². The van der Waals surface area contributed by atoms with Gasteiger partial charge in [0, 0.05) is 18.2 Å². The SMILES string of the molecule is CC(C)(C)C[C@]1(c2ccc(-c3cnn(C(F)F)c3)cc2)N=C(N)N([C@H](COC(=O)C[C@@H]2CC23CC3)c2ccc(Cl)c(-n3ncnc3C(F)F)c2)C1=O. The largest absolute Gasteiger partial charge is 0.463 e. The smallest absolute Gasteiger partial charge is 0.333 e. The van der Waals surface area contributed by atoms with Crippen molar-refractivity contribution < 1.29 is 31.9 Å². The number of nitrogens with zero attached hydrogens (tertiary/aromatic N) is 7. The van der Waals surface area contributed by atoms with Crippen molar-refractivity contribution in [3.63, 3.8) is 0 Å². The topological polar surface area (TPSA) is 134 Å². The van der Waals surface area contributed by atoms with E-state index in [1.54, 1.807) is 30.3 Å². The van der Waals surface area contributed by atoms with Crippen molar-refractivity contribution in [2.75, 3.05) is 6.61 Å². The first-order chi connectivity index (χ1) is 24.6. The minimum Gasteiger partial charge on any atom is -0.463 e. The Balaban J connectivity index is 1.26. The standard InChI is InChI=1S/C36H37ClF4N8O3/c1-34(2,3)18-36(23-7-4-20(5-8-23)22-15-44-47(16-22)32(40)41)31(51)48(33(42)46-36)27(17-52-28(50)13-24-14-35(24)10-11-35)21-6-9-25(37)26(12-21)49-30(29(38)39)43-19-45-49/h4-9,12,15-16,19,24,27,29,32H,10-11,13-14,17-18H2,1-3H3,(H2,42,46)/t24-,27-,36-/m1/s1. The van der Waals surface area contributed by atoms with Crippen LogP contribution in [0.5, 0.6) is 0 Å². The van der Waals surface area contributed by atoms with Gasteiger partial charge in [-0.3, -0.25) is 14.5 Å². The predicted octanol–water partition coefficient (Wildman–Crippen LogP) is 7.38. The maximum Gasteiger partial charge on any atom is 0.333 e. The van der Waals surface area contributed by atoms with Crippen LogP contribution in [0.1, 0.15) is 88.8 Å². The quantitative estimate of drug-likeness (QED) is 0.118. The lowest BCUT2D eigenvalue weighted by atomic mass is 9.75. The van der Waals surface area contributed by atoms with Crippen LogP contribution in [0.3, 0.4) is 0 Å². The van der Waals surface area contributed by atoms with E-state index in [0.717, 1.165) is 30.3 Å². The third-order valence-corrected chi connectivity index (χ3v) is 10.5. The Morgan fingerprint density at radius 1 is 1.08 bits per heavy atom. The Morgan fingerprint density at radius 2 is 1.81 bits per heavy atom. The van der Waals surface area contributed by atoms with Gasteiger partial charge in [-0.05, 0) is 71.3 Å². The first-order valence-corrected chi connectivity index (χ1v) is 17.2. The summed E-state index contributed by atoms with van der Waals surface area (Å²) in [5.41, 5.74) is 6.94. The number of esters is 1. The average Bonchev–Trinajstić information content (AvgIpc) is 3.75. The van der Waals surface area contributed by atoms with Crippen molar-refractivity contribution in [2.45, 2.75) is 77.4 Å². The third kappa shape index (κ3) is 6.66. The summed E-state index contributed by atoms with van der Waals surface area (Å²) in [4.78, 5) is 37.8. The zero-order valence-corrected chi connectivity index (χ0v) is 29.4. The van der Waals surface area contributed by atoms with Crippen molar-refractivity contribution in [3.8, 4) is 16.8 Å². The first-order valence-electron chi connectivity index (χ1n) is 16.9. The van der Waals surface area contributed by atoms with Crippen LogP contribution in [0.25, 0.3) is 16.8 Å². The highest BCUT2D eigenvalue weighted by atomic mass is 35.5. The molecule has 4 aromatic rings. The summed E-state index contributed by atoms with van der Waals surface area (Å²) in [6.45, 7) is 2.77. The second-order valence-electron chi connectivity index (χ2n) is 15.0. The van der Waals surface area contributed by atoms with E-state index in [9.17, 15) is 27.2 Å². The van der Waals surface area contributed by atoms with Gasteiger partial charge in [0.2, 0.25) is 0 Å². The fourth-order valence-corrected chi connectivity index (χ4v) is 7.53. The molecule has 7 rings (SSSR count). The number of carbonyl (C=O) groups excluding carboxylic acids is 2. The summed E-state index contributed by atoms with van der Waals surface area (Å²) in [6.07, 6.45) is 4.26. The number of aliphatic imine (C=N–C) groups is 1. The number of hydrogen-bond acceptors (Lipinski definition) is 8. The number of carbonyl (C=O) groups is 2. The molecule has 3 aliphatic rings. The molecular formula is C36H37ClF4N8O3. The van der Waals surface area contributed by atoms with Crippen LogP contribution in [-0.2, 0) is 19.9 Å². The van der Waals surface area contributed by atoms with Crippen LogP contribution in [0.2, 0.25) is 5.02 Å². The molecule has 0 bridgehead atoms. The van der Waals surface area contributed by atoms with Crippen molar-refractivity contribution in [3.05, 3.63) is 83.2 Å². The molecule has 2 saturated carbocycles. The molecule has 1 aliphatic heterocycles. The second-order valence-corrected chi connectivity index (χ2v) is 15.4. The van der Waals surface area contributed by atoms with Crippen molar-refractivity contribution in [1.29, 1.82) is 0 Å². The first kappa shape index (κ1) is 35.6. The summed E-state index contributed by atoms with van der Waals surface area (Å²) in [6, 6.07) is 10.3. The number of alkyl halides is 4. The Labute approximate surface area is 301 Å². The molecule has 3 atom stereocenters. The number of benzene rings is 2. The fraction of sp³-hybridized carbons (Fsp3) is 0.444. The fourth-order valence-electron chi connectivity index (χ4n) is 7.34. The molecule has 1 amide bonds. The van der Waals surface area contributed by atoms with Gasteiger partial charge in [0.1, 0.15) is 12.9 Å². The van der Waals surface area contributed by atoms with E-state index < -0.39 is 47.7 Å². The van der Waals surface area contributed by atoms with Crippen LogP contribution in [-0.4, -0.2) is 53.9 Å². The van der Waals surface area contributed by atoms with Crippen LogP contribution in [0.4, 0.5) is 17.6 Å². The number of nitrogens with two attached hydrogens (primary N) is 1. The lowest BCUT2D eigenvalue weighted by molar-refractivity contribution is -0.148. The van der Waals surface area contributed by atoms with Crippen LogP contribution >= 0.6 is 11.6 Å². The molecule has 2 aromatic heterocycles. The molecule has 2 fully saturated rings. The van der Waals surface area contributed by atoms with Crippen molar-refractivity contribution in [1.82, 2.24) is 29.4 Å². The molecule has 11 nitrogen and oxygen atoms in total. The number of aromatic nitrogens is 5. The molecular weight excluding hydrogens is 704 g/mol. The molecule has 2 N–H and O–H groups in total. The highest BCUT2D eigenvalue weighted by Gasteiger charge is 2.63. The molecule has 0 radical (unpaired) electrons. The summed E-state index contributed by atoms with van der Waals surface area (Å²) >= 11 is 6.49. The highest BCUT2D eigenvalue weighted by Crippen LogP contribution is 2.71. The second kappa shape index (κ2) is 13.0. The van der Waals surface area contributed by atoms with E-state index in [-0.39, 0.29) is 47.5 Å². The van der Waals surface area contributed by atoms with Gasteiger partial charge in [-0.25, -0.2) is 28.1 Å². The van der Waals surface area contributed by atoms with Crippen LogP contribution in [0.15, 0.2) is 66.2 Å². The highest BCUT2D eigenvalue weighted by molar-refractivity contribution is 6.32. The molecule has 274 valence electrons. The number of halogens is 5. The van der Waals surface area contributed by atoms with Gasteiger partial charge in [-0.15, -0.1) is 0 Å². The lowest BCUT2D eigenvalue weighted by Gasteiger charge is -2.35. The Kier molecular flexibility index (Phi) is 8.91. The minimum atomic E-state index is -2.95. The molecule has 3 heterocycles. The lowest BCUT2D eigenvalue weighted by Crippen LogP contribution is -2.47. The Hall–Kier alpha value is -4.79. The Morgan fingerprint density at radius 3 is 2.42 bits per heavy atom. The number of rotatable bonds is 12. The third-order valence-electron chi connectivity index (χ3n) is 10.1. The Bertz CT molecular complexity index is 2040. The van der Waals surface area contributed by atoms with Gasteiger partial charge in [0.15, 0.2) is 17.3 Å². The summed E-state index contributed by atoms with van der Waals surface area (Å²) in [5.74, 6) is -1.41. The van der Waals surface area contributed by atoms with Gasteiger partial charge in [-0.1, -0.05) is 62.7 Å². The molecule has 16 heteroatoms. The molecule has 2 aromatic carbocycles. The number of guanidine groups is 1. The van der Waals surface area contributed by atoms with Gasteiger partial charge >= 0.3 is 12.5 Å². The molecule has 0 unspecified atom stereocenters. The van der Waals surface area contributed by atoms with Gasteiger partial charge in [0.05, 0.1) is 22.9 Å². The molecule has 2 aliphatic carbocycles. The average molecular weight is 741 g/mol. The van der Waals surface area contributed by atoms with Crippen molar-refractivity contribution >= 4 is 29.4 Å². The molecule has 52 heavy (non-hydrogen) atoms. The van der Waals surface area contributed by atoms with Crippen LogP contribution in [0, 0.1) is 16.7 Å². The monoisotopic (exact) mass is 740 g/mol. The van der Waals surface area contributed by atoms with E-state index in [0.29, 0.717) is 26.9 Å². The number of ether oxygens (including phenoxy) is 1. The van der Waals surface area contributed by atoms with Gasteiger partial charge in [-0.2, -0.15) is 19.0 Å². The minimum absolute atomic E-state index is 0.0748. The van der Waals surface area contributed by atoms with Gasteiger partial charge < -0.3 is 10.5 Å². The van der Waals surface area contributed by atoms with E-state index >= 15 is 0 Å². The molecule has 1 spiro atoms. The predicted molar refractivity (Wildman–Crippen MR) is 183 cm³/mol. The summed E-state index contributed by atoms with van der Waals surface area (Å²) in [5, 5.41) is 7.76. The van der Waals surface area contributed by atoms with E-state index in [2.05, 4.69) is 15.2 Å². The maximum atomic E-state index is 15.0. The zero-order chi connectivity index (χ0) is 37.2. The zero-order valence-electron chi connectivity index (χ0n) is 28.6. The normalized spacial score (nSPS) is 21.3. The summed E-state index contributed by atoms with van der Waals surface area (Å²) < 4.78 is 61.4. The number of amides is 1. The van der Waals surface area contributed by atoms with Crippen molar-refractivity contribution in [2.24, 2.45) is 27.5 Å².